The van der Waals surface area contributed by atoms with Gasteiger partial charge in [0.2, 0.25) is 0 Å². The van der Waals surface area contributed by atoms with E-state index in [-0.39, 0.29) is 12.2 Å². The van der Waals surface area contributed by atoms with Gasteiger partial charge in [0.25, 0.3) is 0 Å². The maximum Gasteiger partial charge on any atom is 0.0540 e. The lowest BCUT2D eigenvalue weighted by Crippen LogP contribution is -2.06. The van der Waals surface area contributed by atoms with Crippen molar-refractivity contribution >= 4 is 0 Å². The summed E-state index contributed by atoms with van der Waals surface area (Å²) < 4.78 is 0. The smallest absolute Gasteiger partial charge is 0.0540 e. The Bertz CT molecular complexity index is 192. The maximum absolute atomic E-state index is 9.91. The molecular formula is C19H40O2. The number of hydrogen-bond donors (Lipinski definition) is 2. The number of unbranched alkanes of at least 4 members (excludes halogenated alkanes) is 10. The zero-order valence-electron chi connectivity index (χ0n) is 14.7. The van der Waals surface area contributed by atoms with Gasteiger partial charge < -0.3 is 10.2 Å². The Balaban J connectivity index is 3.14. The molecule has 0 aromatic heterocycles. The molecule has 0 saturated heterocycles. The molecule has 2 N–H and O–H groups in total. The molecular weight excluding hydrogens is 260 g/mol. The van der Waals surface area contributed by atoms with Crippen molar-refractivity contribution in [3.05, 3.63) is 0 Å². The molecule has 0 rings (SSSR count). The lowest BCUT2D eigenvalue weighted by Gasteiger charge is -2.10. The number of hydrogen-bond acceptors (Lipinski definition) is 2. The largest absolute Gasteiger partial charge is 0.393 e. The molecule has 0 heterocycles. The quantitative estimate of drug-likeness (QED) is 0.364. The van der Waals surface area contributed by atoms with Gasteiger partial charge in [-0.05, 0) is 26.2 Å². The van der Waals surface area contributed by atoms with Crippen molar-refractivity contribution in [2.75, 3.05) is 0 Å². The van der Waals surface area contributed by atoms with E-state index in [0.717, 1.165) is 38.5 Å². The second-order valence-electron chi connectivity index (χ2n) is 6.76. The average Bonchev–Trinajstić information content (AvgIpc) is 2.45. The van der Waals surface area contributed by atoms with E-state index >= 15 is 0 Å². The highest BCUT2D eigenvalue weighted by atomic mass is 16.3. The minimum Gasteiger partial charge on any atom is -0.393 e. The third kappa shape index (κ3) is 17.9. The van der Waals surface area contributed by atoms with Gasteiger partial charge in [-0.25, -0.2) is 0 Å². The summed E-state index contributed by atoms with van der Waals surface area (Å²) in [7, 11) is 0. The normalized spacial score (nSPS) is 14.3. The van der Waals surface area contributed by atoms with Crippen LogP contribution in [0.15, 0.2) is 0 Å². The van der Waals surface area contributed by atoms with E-state index < -0.39 is 0 Å². The summed E-state index contributed by atoms with van der Waals surface area (Å²) >= 11 is 0. The maximum atomic E-state index is 9.91. The molecule has 0 bridgehead atoms. The van der Waals surface area contributed by atoms with Crippen LogP contribution in [-0.4, -0.2) is 22.4 Å². The second-order valence-corrected chi connectivity index (χ2v) is 6.76. The van der Waals surface area contributed by atoms with Crippen molar-refractivity contribution < 1.29 is 10.2 Å². The minimum atomic E-state index is -0.170. The van der Waals surface area contributed by atoms with Crippen LogP contribution in [0.1, 0.15) is 110 Å². The molecule has 21 heavy (non-hydrogen) atoms. The first-order valence-electron chi connectivity index (χ1n) is 9.53. The Hall–Kier alpha value is -0.0800. The number of aliphatic hydroxyl groups excluding tert-OH is 2. The van der Waals surface area contributed by atoms with Gasteiger partial charge in [0.15, 0.2) is 0 Å². The van der Waals surface area contributed by atoms with Gasteiger partial charge >= 0.3 is 0 Å². The summed E-state index contributed by atoms with van der Waals surface area (Å²) in [5.41, 5.74) is 0. The predicted octanol–water partition coefficient (Wildman–Crippen LogP) is 5.60. The zero-order valence-corrected chi connectivity index (χ0v) is 14.7. The van der Waals surface area contributed by atoms with Crippen LogP contribution in [0.3, 0.4) is 0 Å². The van der Waals surface area contributed by atoms with E-state index in [1.807, 2.05) is 6.92 Å². The molecule has 0 aromatic carbocycles. The fraction of sp³-hybridized carbons (Fsp3) is 1.00. The fourth-order valence-corrected chi connectivity index (χ4v) is 2.83. The molecule has 2 heteroatoms. The highest BCUT2D eigenvalue weighted by Crippen LogP contribution is 2.14. The van der Waals surface area contributed by atoms with Crippen molar-refractivity contribution in [1.29, 1.82) is 0 Å². The molecule has 0 aliphatic heterocycles. The molecule has 0 aliphatic carbocycles. The molecule has 128 valence electrons. The van der Waals surface area contributed by atoms with Gasteiger partial charge in [-0.2, -0.15) is 0 Å². The predicted molar refractivity (Wildman–Crippen MR) is 92.6 cm³/mol. The van der Waals surface area contributed by atoms with E-state index in [4.69, 9.17) is 5.11 Å². The SMILES string of the molecule is CCCCCCCCCCCC(O)CCCCCC(C)O. The summed E-state index contributed by atoms with van der Waals surface area (Å²) in [6, 6.07) is 0. The van der Waals surface area contributed by atoms with Crippen molar-refractivity contribution in [3.8, 4) is 0 Å². The Morgan fingerprint density at radius 3 is 1.43 bits per heavy atom. The Morgan fingerprint density at radius 2 is 0.952 bits per heavy atom. The molecule has 2 atom stereocenters. The van der Waals surface area contributed by atoms with Gasteiger partial charge in [0.05, 0.1) is 12.2 Å². The van der Waals surface area contributed by atoms with Crippen molar-refractivity contribution in [3.63, 3.8) is 0 Å². The minimum absolute atomic E-state index is 0.0962. The Morgan fingerprint density at radius 1 is 0.571 bits per heavy atom. The van der Waals surface area contributed by atoms with Crippen LogP contribution in [0, 0.1) is 0 Å². The summed E-state index contributed by atoms with van der Waals surface area (Å²) in [4.78, 5) is 0. The molecule has 2 unspecified atom stereocenters. The standard InChI is InChI=1S/C19H40O2/c1-3-4-5-6-7-8-9-10-13-16-19(21)17-14-11-12-15-18(2)20/h18-21H,3-17H2,1-2H3. The van der Waals surface area contributed by atoms with Gasteiger partial charge in [-0.1, -0.05) is 84.0 Å². The highest BCUT2D eigenvalue weighted by molar-refractivity contribution is 4.58. The summed E-state index contributed by atoms with van der Waals surface area (Å²) in [5.74, 6) is 0. The first kappa shape index (κ1) is 20.9. The van der Waals surface area contributed by atoms with Crippen LogP contribution in [0.2, 0.25) is 0 Å². The van der Waals surface area contributed by atoms with E-state index in [1.54, 1.807) is 0 Å². The zero-order chi connectivity index (χ0) is 15.8. The summed E-state index contributed by atoms with van der Waals surface area (Å²) in [6.45, 7) is 4.11. The number of aliphatic hydroxyl groups is 2. The molecule has 0 spiro atoms. The second kappa shape index (κ2) is 16.3. The van der Waals surface area contributed by atoms with Crippen molar-refractivity contribution in [2.24, 2.45) is 0 Å². The molecule has 2 nitrogen and oxygen atoms in total. The molecule has 0 aromatic rings. The number of rotatable bonds is 16. The monoisotopic (exact) mass is 300 g/mol. The Labute approximate surface area is 133 Å². The summed E-state index contributed by atoms with van der Waals surface area (Å²) in [5, 5.41) is 19.1. The van der Waals surface area contributed by atoms with Crippen molar-refractivity contribution in [2.45, 2.75) is 122 Å². The van der Waals surface area contributed by atoms with Crippen LogP contribution >= 0.6 is 0 Å². The van der Waals surface area contributed by atoms with Gasteiger partial charge in [0.1, 0.15) is 0 Å². The lowest BCUT2D eigenvalue weighted by atomic mass is 10.0. The third-order valence-corrected chi connectivity index (χ3v) is 4.30. The van der Waals surface area contributed by atoms with E-state index in [0.29, 0.717) is 0 Å². The van der Waals surface area contributed by atoms with E-state index in [9.17, 15) is 5.11 Å². The molecule has 0 amide bonds. The first-order chi connectivity index (χ1) is 10.2. The molecule has 0 fully saturated rings. The highest BCUT2D eigenvalue weighted by Gasteiger charge is 2.04. The Kier molecular flexibility index (Phi) is 16.2. The first-order valence-corrected chi connectivity index (χ1v) is 9.53. The van der Waals surface area contributed by atoms with Crippen LogP contribution in [0.5, 0.6) is 0 Å². The van der Waals surface area contributed by atoms with Gasteiger partial charge in [-0.3, -0.25) is 0 Å². The van der Waals surface area contributed by atoms with Crippen LogP contribution in [-0.2, 0) is 0 Å². The molecule has 0 saturated carbocycles. The van der Waals surface area contributed by atoms with Crippen LogP contribution in [0.4, 0.5) is 0 Å². The molecule has 0 radical (unpaired) electrons. The van der Waals surface area contributed by atoms with Crippen LogP contribution in [0.25, 0.3) is 0 Å². The van der Waals surface area contributed by atoms with E-state index in [2.05, 4.69) is 6.92 Å². The van der Waals surface area contributed by atoms with Gasteiger partial charge in [-0.15, -0.1) is 0 Å². The van der Waals surface area contributed by atoms with E-state index in [1.165, 1.54) is 57.8 Å². The molecule has 0 aliphatic rings. The topological polar surface area (TPSA) is 40.5 Å². The average molecular weight is 301 g/mol. The van der Waals surface area contributed by atoms with Crippen LogP contribution < -0.4 is 0 Å². The van der Waals surface area contributed by atoms with Crippen molar-refractivity contribution in [1.82, 2.24) is 0 Å². The lowest BCUT2D eigenvalue weighted by molar-refractivity contribution is 0.145. The fourth-order valence-electron chi connectivity index (χ4n) is 2.83. The third-order valence-electron chi connectivity index (χ3n) is 4.30. The van der Waals surface area contributed by atoms with Gasteiger partial charge in [0, 0.05) is 0 Å². The summed E-state index contributed by atoms with van der Waals surface area (Å²) in [6.07, 6.45) is 18.0.